The first-order valence-electron chi connectivity index (χ1n) is 7.47. The number of fused-ring (bicyclic) bond motifs is 1. The predicted molar refractivity (Wildman–Crippen MR) is 81.4 cm³/mol. The van der Waals surface area contributed by atoms with Gasteiger partial charge in [-0.15, -0.1) is 0 Å². The van der Waals surface area contributed by atoms with Crippen molar-refractivity contribution < 1.29 is 5.11 Å². The Kier molecular flexibility index (Phi) is 3.27. The van der Waals surface area contributed by atoms with Crippen LogP contribution in [0.2, 0.25) is 0 Å². The second-order valence-electron chi connectivity index (χ2n) is 5.85. The maximum atomic E-state index is 10.3. The summed E-state index contributed by atoms with van der Waals surface area (Å²) in [6, 6.07) is 0.00363. The second kappa shape index (κ2) is 5.42. The molecule has 22 heavy (non-hydrogen) atoms. The Labute approximate surface area is 127 Å². The lowest BCUT2D eigenvalue weighted by molar-refractivity contribution is 0.166. The highest BCUT2D eigenvalue weighted by molar-refractivity contribution is 5.62. The molecule has 0 spiro atoms. The lowest BCUT2D eigenvalue weighted by atomic mass is 10.1. The zero-order valence-corrected chi connectivity index (χ0v) is 12.1. The summed E-state index contributed by atoms with van der Waals surface area (Å²) in [6.45, 7) is 0.885. The van der Waals surface area contributed by atoms with Crippen LogP contribution in [0.4, 0.5) is 5.82 Å². The van der Waals surface area contributed by atoms with Crippen LogP contribution in [0.15, 0.2) is 43.5 Å². The van der Waals surface area contributed by atoms with Gasteiger partial charge in [-0.2, -0.15) is 0 Å². The van der Waals surface area contributed by atoms with E-state index in [1.165, 1.54) is 0 Å². The number of anilines is 1. The number of hydrogen-bond acceptors (Lipinski definition) is 5. The maximum Gasteiger partial charge on any atom is 0.180 e. The summed E-state index contributed by atoms with van der Waals surface area (Å²) in [7, 11) is 0. The summed E-state index contributed by atoms with van der Waals surface area (Å²) < 4.78 is 3.98. The molecule has 0 aliphatic heterocycles. The fourth-order valence-corrected chi connectivity index (χ4v) is 3.25. The van der Waals surface area contributed by atoms with Crippen LogP contribution in [0.25, 0.3) is 5.65 Å². The Balaban J connectivity index is 1.48. The van der Waals surface area contributed by atoms with Gasteiger partial charge in [0.05, 0.1) is 18.5 Å². The van der Waals surface area contributed by atoms with E-state index in [-0.39, 0.29) is 12.1 Å². The molecule has 0 aromatic carbocycles. The van der Waals surface area contributed by atoms with Gasteiger partial charge in [-0.05, 0) is 18.8 Å². The molecule has 1 aliphatic rings. The molecule has 1 fully saturated rings. The molecular weight excluding hydrogens is 280 g/mol. The van der Waals surface area contributed by atoms with Gasteiger partial charge in [0.15, 0.2) is 11.5 Å². The topological polar surface area (TPSA) is 80.3 Å². The van der Waals surface area contributed by atoms with Crippen LogP contribution in [0.5, 0.6) is 0 Å². The molecule has 3 heterocycles. The van der Waals surface area contributed by atoms with Gasteiger partial charge in [0.25, 0.3) is 0 Å². The van der Waals surface area contributed by atoms with Gasteiger partial charge in [-0.25, -0.2) is 15.0 Å². The second-order valence-corrected chi connectivity index (χ2v) is 5.85. The number of aliphatic hydroxyl groups is 1. The predicted octanol–water partition coefficient (Wildman–Crippen LogP) is 1.18. The first-order chi connectivity index (χ1) is 10.8. The number of nitrogens with zero attached hydrogens (tertiary/aromatic N) is 5. The smallest absolute Gasteiger partial charge is 0.180 e. The molecule has 3 atom stereocenters. The highest BCUT2D eigenvalue weighted by Gasteiger charge is 2.33. The molecule has 0 radical (unpaired) electrons. The minimum atomic E-state index is -0.370. The lowest BCUT2D eigenvalue weighted by Crippen LogP contribution is -2.28. The fraction of sp³-hybridized carbons (Fsp3) is 0.400. The van der Waals surface area contributed by atoms with Crippen LogP contribution in [0, 0.1) is 5.92 Å². The normalized spacial score (nSPS) is 24.9. The van der Waals surface area contributed by atoms with Crippen molar-refractivity contribution in [1.29, 1.82) is 0 Å². The highest BCUT2D eigenvalue weighted by atomic mass is 16.3. The van der Waals surface area contributed by atoms with Gasteiger partial charge < -0.3 is 19.4 Å². The fourth-order valence-electron chi connectivity index (χ4n) is 3.25. The molecule has 1 saturated carbocycles. The molecule has 0 amide bonds. The number of imidazole rings is 2. The van der Waals surface area contributed by atoms with Crippen molar-refractivity contribution in [3.8, 4) is 0 Å². The molecule has 7 nitrogen and oxygen atoms in total. The Hall–Kier alpha value is -2.41. The lowest BCUT2D eigenvalue weighted by Gasteiger charge is -2.17. The van der Waals surface area contributed by atoms with E-state index in [0.29, 0.717) is 5.92 Å². The molecule has 1 unspecified atom stereocenters. The average molecular weight is 298 g/mol. The van der Waals surface area contributed by atoms with Crippen LogP contribution in [-0.2, 0) is 6.54 Å². The van der Waals surface area contributed by atoms with Crippen LogP contribution in [-0.4, -0.2) is 41.2 Å². The van der Waals surface area contributed by atoms with Gasteiger partial charge in [0.1, 0.15) is 0 Å². The molecule has 3 aromatic rings. The Bertz CT molecular complexity index is 752. The maximum absolute atomic E-state index is 10.3. The zero-order chi connectivity index (χ0) is 14.9. The van der Waals surface area contributed by atoms with Crippen LogP contribution >= 0.6 is 0 Å². The van der Waals surface area contributed by atoms with Crippen LogP contribution in [0.3, 0.4) is 0 Å². The highest BCUT2D eigenvalue weighted by Crippen LogP contribution is 2.30. The summed E-state index contributed by atoms with van der Waals surface area (Å²) in [5.74, 6) is 1.15. The summed E-state index contributed by atoms with van der Waals surface area (Å²) in [5, 5.41) is 13.7. The third-order valence-electron chi connectivity index (χ3n) is 4.29. The van der Waals surface area contributed by atoms with Crippen molar-refractivity contribution in [1.82, 2.24) is 23.9 Å². The molecule has 7 heteroatoms. The third kappa shape index (κ3) is 2.43. The number of aliphatic hydroxyl groups excluding tert-OH is 1. The van der Waals surface area contributed by atoms with E-state index in [9.17, 15) is 5.11 Å². The largest absolute Gasteiger partial charge is 0.391 e. The van der Waals surface area contributed by atoms with E-state index in [0.717, 1.165) is 30.9 Å². The van der Waals surface area contributed by atoms with Crippen molar-refractivity contribution >= 4 is 11.5 Å². The number of aromatic nitrogens is 5. The summed E-state index contributed by atoms with van der Waals surface area (Å²) in [6.07, 6.45) is 14.1. The van der Waals surface area contributed by atoms with Gasteiger partial charge in [0, 0.05) is 43.7 Å². The van der Waals surface area contributed by atoms with Crippen molar-refractivity contribution in [3.05, 3.63) is 43.5 Å². The molecule has 0 saturated heterocycles. The number of hydrogen-bond donors (Lipinski definition) is 2. The zero-order valence-electron chi connectivity index (χ0n) is 12.1. The van der Waals surface area contributed by atoms with Gasteiger partial charge in [-0.3, -0.25) is 0 Å². The Morgan fingerprint density at radius 3 is 2.82 bits per heavy atom. The quantitative estimate of drug-likeness (QED) is 0.756. The van der Waals surface area contributed by atoms with Gasteiger partial charge in [-0.1, -0.05) is 0 Å². The Morgan fingerprint density at radius 1 is 1.14 bits per heavy atom. The van der Waals surface area contributed by atoms with E-state index in [1.54, 1.807) is 18.6 Å². The van der Waals surface area contributed by atoms with Gasteiger partial charge in [0.2, 0.25) is 0 Å². The van der Waals surface area contributed by atoms with E-state index in [2.05, 4.69) is 24.8 Å². The number of rotatable bonds is 4. The molecular formula is C15H18N6O. The first-order valence-corrected chi connectivity index (χ1v) is 7.47. The van der Waals surface area contributed by atoms with Crippen molar-refractivity contribution in [2.45, 2.75) is 31.5 Å². The molecule has 114 valence electrons. The van der Waals surface area contributed by atoms with Crippen LogP contribution in [0.1, 0.15) is 12.8 Å². The Morgan fingerprint density at radius 2 is 2.00 bits per heavy atom. The SMILES string of the molecule is O[C@@H]1CC(Cn2ccnc2)C[C@H]1Nc1nccn2ccnc12. The molecule has 0 bridgehead atoms. The van der Waals surface area contributed by atoms with Gasteiger partial charge >= 0.3 is 0 Å². The summed E-state index contributed by atoms with van der Waals surface area (Å²) >= 11 is 0. The van der Waals surface area contributed by atoms with E-state index in [4.69, 9.17) is 0 Å². The van der Waals surface area contributed by atoms with E-state index in [1.807, 2.05) is 29.3 Å². The summed E-state index contributed by atoms with van der Waals surface area (Å²) in [4.78, 5) is 12.7. The number of nitrogens with one attached hydrogen (secondary N) is 1. The molecule has 3 aromatic heterocycles. The van der Waals surface area contributed by atoms with E-state index >= 15 is 0 Å². The van der Waals surface area contributed by atoms with E-state index < -0.39 is 0 Å². The van der Waals surface area contributed by atoms with Crippen molar-refractivity contribution in [3.63, 3.8) is 0 Å². The monoisotopic (exact) mass is 298 g/mol. The van der Waals surface area contributed by atoms with Crippen molar-refractivity contribution in [2.24, 2.45) is 5.92 Å². The minimum absolute atomic E-state index is 0.00363. The minimum Gasteiger partial charge on any atom is -0.391 e. The molecule has 2 N–H and O–H groups in total. The standard InChI is InChI=1S/C15H18N6O/c22-13-8-11(9-20-4-1-16-10-20)7-12(13)19-14-15-18-3-6-21(15)5-2-17-14/h1-6,10-13,22H,7-9H2,(H,17,19)/t11?,12-,13-/m1/s1. The van der Waals surface area contributed by atoms with Crippen LogP contribution < -0.4 is 5.32 Å². The summed E-state index contributed by atoms with van der Waals surface area (Å²) in [5.41, 5.74) is 0.785. The average Bonchev–Trinajstić information content (AvgIpc) is 3.22. The third-order valence-corrected chi connectivity index (χ3v) is 4.29. The van der Waals surface area contributed by atoms with Crippen molar-refractivity contribution in [2.75, 3.05) is 5.32 Å². The first kappa shape index (κ1) is 13.3. The molecule has 4 rings (SSSR count). The molecule has 1 aliphatic carbocycles.